The van der Waals surface area contributed by atoms with Crippen molar-refractivity contribution in [1.82, 2.24) is 5.32 Å². The van der Waals surface area contributed by atoms with Crippen molar-refractivity contribution >= 4 is 23.0 Å². The molecule has 1 N–H and O–H groups in total. The number of hydrogen-bond acceptors (Lipinski definition) is 6. The van der Waals surface area contributed by atoms with Crippen molar-refractivity contribution in [3.63, 3.8) is 0 Å². The van der Waals surface area contributed by atoms with Crippen molar-refractivity contribution < 1.29 is 23.5 Å². The molecule has 0 saturated heterocycles. The lowest BCUT2D eigenvalue weighted by atomic mass is 10.0. The molecule has 33 heavy (non-hydrogen) atoms. The SMILES string of the molecule is CCc1cc(=O)oc2c(C)c(OC(=O)C(CC(C)C)NC(=O)OCc3ccccc3)ccc12. The number of alkyl carbamates (subject to hydrolysis) is 1. The first kappa shape index (κ1) is 24.0. The van der Waals surface area contributed by atoms with E-state index in [4.69, 9.17) is 13.9 Å². The smallest absolute Gasteiger partial charge is 0.408 e. The van der Waals surface area contributed by atoms with Gasteiger partial charge in [0.1, 0.15) is 24.0 Å². The highest BCUT2D eigenvalue weighted by Gasteiger charge is 2.26. The van der Waals surface area contributed by atoms with Gasteiger partial charge in [-0.15, -0.1) is 0 Å². The highest BCUT2D eigenvalue weighted by molar-refractivity contribution is 5.87. The van der Waals surface area contributed by atoms with Gasteiger partial charge < -0.3 is 19.2 Å². The molecule has 0 spiro atoms. The third kappa shape index (κ3) is 6.22. The van der Waals surface area contributed by atoms with Gasteiger partial charge in [-0.1, -0.05) is 51.1 Å². The molecule has 0 radical (unpaired) electrons. The highest BCUT2D eigenvalue weighted by Crippen LogP contribution is 2.29. The fourth-order valence-electron chi connectivity index (χ4n) is 3.58. The number of benzene rings is 2. The van der Waals surface area contributed by atoms with Gasteiger partial charge in [0.15, 0.2) is 0 Å². The van der Waals surface area contributed by atoms with Crippen LogP contribution in [0.15, 0.2) is 57.7 Å². The maximum atomic E-state index is 13.0. The summed E-state index contributed by atoms with van der Waals surface area (Å²) in [4.78, 5) is 37.2. The first-order chi connectivity index (χ1) is 15.8. The summed E-state index contributed by atoms with van der Waals surface area (Å²) in [6, 6.07) is 13.3. The van der Waals surface area contributed by atoms with Gasteiger partial charge in [0.2, 0.25) is 0 Å². The third-order valence-corrected chi connectivity index (χ3v) is 5.28. The minimum absolute atomic E-state index is 0.0959. The molecule has 174 valence electrons. The lowest BCUT2D eigenvalue weighted by molar-refractivity contribution is -0.137. The Balaban J connectivity index is 1.75. The number of hydrogen-bond donors (Lipinski definition) is 1. The monoisotopic (exact) mass is 451 g/mol. The van der Waals surface area contributed by atoms with Crippen LogP contribution in [0.3, 0.4) is 0 Å². The number of rotatable bonds is 8. The molecule has 0 saturated carbocycles. The van der Waals surface area contributed by atoms with E-state index in [9.17, 15) is 14.4 Å². The van der Waals surface area contributed by atoms with Crippen molar-refractivity contribution in [2.75, 3.05) is 0 Å². The summed E-state index contributed by atoms with van der Waals surface area (Å²) in [5.74, 6) is -0.214. The summed E-state index contributed by atoms with van der Waals surface area (Å²) in [5.41, 5.74) is 2.19. The van der Waals surface area contributed by atoms with Crippen molar-refractivity contribution in [2.24, 2.45) is 5.92 Å². The summed E-state index contributed by atoms with van der Waals surface area (Å²) in [7, 11) is 0. The van der Waals surface area contributed by atoms with E-state index in [2.05, 4.69) is 5.32 Å². The quantitative estimate of drug-likeness (QED) is 0.297. The molecule has 2 aromatic carbocycles. The summed E-state index contributed by atoms with van der Waals surface area (Å²) >= 11 is 0. The van der Waals surface area contributed by atoms with Crippen LogP contribution in [0.5, 0.6) is 5.75 Å². The second-order valence-corrected chi connectivity index (χ2v) is 8.32. The first-order valence-electron chi connectivity index (χ1n) is 11.0. The normalized spacial score (nSPS) is 11.9. The summed E-state index contributed by atoms with van der Waals surface area (Å²) in [6.45, 7) is 7.67. The van der Waals surface area contributed by atoms with Gasteiger partial charge in [-0.25, -0.2) is 14.4 Å². The van der Waals surface area contributed by atoms with E-state index < -0.39 is 23.7 Å². The molecule has 1 amide bonds. The molecule has 0 aliphatic heterocycles. The van der Waals surface area contributed by atoms with Gasteiger partial charge in [-0.2, -0.15) is 0 Å². The number of aryl methyl sites for hydroxylation is 2. The molecule has 7 nitrogen and oxygen atoms in total. The molecule has 1 heterocycles. The van der Waals surface area contributed by atoms with Crippen LogP contribution in [-0.4, -0.2) is 18.1 Å². The molecule has 0 fully saturated rings. The Bertz CT molecular complexity index is 1180. The second-order valence-electron chi connectivity index (χ2n) is 8.32. The standard InChI is InChI=1S/C26H29NO6/c1-5-19-14-23(28)33-24-17(4)22(12-11-20(19)24)32-25(29)21(13-16(2)3)27-26(30)31-15-18-9-7-6-8-10-18/h6-12,14,16,21H,5,13,15H2,1-4H3,(H,27,30). The van der Waals surface area contributed by atoms with Crippen molar-refractivity contribution in [2.45, 2.75) is 53.2 Å². The minimum atomic E-state index is -0.891. The van der Waals surface area contributed by atoms with Crippen LogP contribution >= 0.6 is 0 Å². The molecule has 1 unspecified atom stereocenters. The fraction of sp³-hybridized carbons (Fsp3) is 0.346. The Morgan fingerprint density at radius 3 is 2.48 bits per heavy atom. The van der Waals surface area contributed by atoms with E-state index in [0.29, 0.717) is 24.0 Å². The van der Waals surface area contributed by atoms with E-state index >= 15 is 0 Å². The molecule has 1 atom stereocenters. The number of nitrogens with one attached hydrogen (secondary N) is 1. The molecular weight excluding hydrogens is 422 g/mol. The van der Waals surface area contributed by atoms with Crippen LogP contribution < -0.4 is 15.7 Å². The van der Waals surface area contributed by atoms with Crippen LogP contribution in [0.25, 0.3) is 11.0 Å². The lowest BCUT2D eigenvalue weighted by Crippen LogP contribution is -2.44. The number of amides is 1. The average molecular weight is 452 g/mol. The highest BCUT2D eigenvalue weighted by atomic mass is 16.6. The van der Waals surface area contributed by atoms with Crippen LogP contribution in [0.1, 0.15) is 43.9 Å². The van der Waals surface area contributed by atoms with E-state index in [0.717, 1.165) is 16.5 Å². The average Bonchev–Trinajstić information content (AvgIpc) is 2.79. The van der Waals surface area contributed by atoms with Gasteiger partial charge >= 0.3 is 17.7 Å². The number of carbonyl (C=O) groups excluding carboxylic acids is 2. The predicted octanol–water partition coefficient (Wildman–Crippen LogP) is 4.91. The zero-order valence-electron chi connectivity index (χ0n) is 19.3. The number of fused-ring (bicyclic) bond motifs is 1. The predicted molar refractivity (Wildman–Crippen MR) is 125 cm³/mol. The summed E-state index contributed by atoms with van der Waals surface area (Å²) in [6.07, 6.45) is 0.350. The van der Waals surface area contributed by atoms with Gasteiger partial charge in [0.25, 0.3) is 0 Å². The largest absolute Gasteiger partial charge is 0.445 e. The molecule has 0 aliphatic carbocycles. The Morgan fingerprint density at radius 2 is 1.82 bits per heavy atom. The zero-order chi connectivity index (χ0) is 24.0. The Hall–Kier alpha value is -3.61. The second kappa shape index (κ2) is 10.8. The van der Waals surface area contributed by atoms with Gasteiger partial charge in [0.05, 0.1) is 0 Å². The van der Waals surface area contributed by atoms with E-state index in [-0.39, 0.29) is 18.3 Å². The van der Waals surface area contributed by atoms with E-state index in [1.165, 1.54) is 6.07 Å². The van der Waals surface area contributed by atoms with Gasteiger partial charge in [-0.3, -0.25) is 0 Å². The van der Waals surface area contributed by atoms with Gasteiger partial charge in [-0.05, 0) is 48.9 Å². The van der Waals surface area contributed by atoms with Crippen molar-refractivity contribution in [3.05, 3.63) is 75.6 Å². The maximum Gasteiger partial charge on any atom is 0.408 e. The maximum absolute atomic E-state index is 13.0. The van der Waals surface area contributed by atoms with Crippen molar-refractivity contribution in [3.8, 4) is 5.75 Å². The number of carbonyl (C=O) groups is 2. The van der Waals surface area contributed by atoms with Crippen LogP contribution in [0, 0.1) is 12.8 Å². The molecule has 0 aliphatic rings. The molecule has 0 bridgehead atoms. The fourth-order valence-corrected chi connectivity index (χ4v) is 3.58. The first-order valence-corrected chi connectivity index (χ1v) is 11.0. The molecule has 3 rings (SSSR count). The molecule has 3 aromatic rings. The minimum Gasteiger partial charge on any atom is -0.445 e. The third-order valence-electron chi connectivity index (χ3n) is 5.28. The summed E-state index contributed by atoms with van der Waals surface area (Å²) in [5, 5.41) is 3.42. The molecule has 7 heteroatoms. The molecular formula is C26H29NO6. The topological polar surface area (TPSA) is 94.8 Å². The Labute approximate surface area is 192 Å². The Morgan fingerprint density at radius 1 is 1.09 bits per heavy atom. The van der Waals surface area contributed by atoms with Crippen LogP contribution in [-0.2, 0) is 22.6 Å². The van der Waals surface area contributed by atoms with E-state index in [1.54, 1.807) is 19.1 Å². The van der Waals surface area contributed by atoms with E-state index in [1.807, 2.05) is 51.1 Å². The zero-order valence-corrected chi connectivity index (χ0v) is 19.3. The van der Waals surface area contributed by atoms with Crippen molar-refractivity contribution in [1.29, 1.82) is 0 Å². The number of ether oxygens (including phenoxy) is 2. The summed E-state index contributed by atoms with van der Waals surface area (Å²) < 4.78 is 16.3. The van der Waals surface area contributed by atoms with Gasteiger partial charge in [0, 0.05) is 17.0 Å². The lowest BCUT2D eigenvalue weighted by Gasteiger charge is -2.20. The Kier molecular flexibility index (Phi) is 7.87. The molecule has 1 aromatic heterocycles. The number of esters is 1. The van der Waals surface area contributed by atoms with Crippen LogP contribution in [0.4, 0.5) is 4.79 Å². The van der Waals surface area contributed by atoms with Crippen LogP contribution in [0.2, 0.25) is 0 Å².